The van der Waals surface area contributed by atoms with Gasteiger partial charge < -0.3 is 4.90 Å². The third-order valence-corrected chi connectivity index (χ3v) is 4.52. The molecule has 3 rings (SSSR count). The molecule has 0 radical (unpaired) electrons. The zero-order valence-corrected chi connectivity index (χ0v) is 14.6. The van der Waals surface area contributed by atoms with E-state index in [1.54, 1.807) is 0 Å². The largest absolute Gasteiger partial charge is 0.336 e. The summed E-state index contributed by atoms with van der Waals surface area (Å²) in [6.07, 6.45) is 0. The molecule has 3 heteroatoms. The number of amides is 1. The lowest BCUT2D eigenvalue weighted by Gasteiger charge is -2.35. The van der Waals surface area contributed by atoms with E-state index < -0.39 is 0 Å². The normalized spacial score (nSPS) is 15.7. The minimum atomic E-state index is 0.152. The lowest BCUT2D eigenvalue weighted by molar-refractivity contribution is 0.0624. The van der Waals surface area contributed by atoms with Gasteiger partial charge in [-0.05, 0) is 29.2 Å². The first-order valence-corrected chi connectivity index (χ1v) is 8.80. The third-order valence-electron chi connectivity index (χ3n) is 4.52. The fourth-order valence-corrected chi connectivity index (χ4v) is 3.27. The van der Waals surface area contributed by atoms with Gasteiger partial charge in [0.2, 0.25) is 0 Å². The highest BCUT2D eigenvalue weighted by atomic mass is 16.2. The van der Waals surface area contributed by atoms with Crippen LogP contribution in [0, 0.1) is 5.92 Å². The third kappa shape index (κ3) is 4.04. The molecule has 0 aromatic heterocycles. The van der Waals surface area contributed by atoms with Gasteiger partial charge in [-0.3, -0.25) is 9.69 Å². The second-order valence-electron chi connectivity index (χ2n) is 6.93. The van der Waals surface area contributed by atoms with Crippen molar-refractivity contribution >= 4 is 5.91 Å². The van der Waals surface area contributed by atoms with Crippen LogP contribution in [0.4, 0.5) is 0 Å². The summed E-state index contributed by atoms with van der Waals surface area (Å²) in [5.74, 6) is 0.830. The van der Waals surface area contributed by atoms with Crippen molar-refractivity contribution in [2.75, 3.05) is 32.7 Å². The summed E-state index contributed by atoms with van der Waals surface area (Å²) in [4.78, 5) is 17.1. The van der Waals surface area contributed by atoms with Crippen molar-refractivity contribution in [3.63, 3.8) is 0 Å². The van der Waals surface area contributed by atoms with E-state index in [9.17, 15) is 4.79 Å². The van der Waals surface area contributed by atoms with Crippen LogP contribution >= 0.6 is 0 Å². The molecular formula is C21H26N2O. The topological polar surface area (TPSA) is 23.6 Å². The van der Waals surface area contributed by atoms with E-state index in [0.29, 0.717) is 5.92 Å². The molecule has 1 heterocycles. The van der Waals surface area contributed by atoms with Gasteiger partial charge in [0.15, 0.2) is 0 Å². The second-order valence-corrected chi connectivity index (χ2v) is 6.93. The molecule has 0 aliphatic carbocycles. The SMILES string of the molecule is CC(C)CN1CCN(C(=O)c2ccc(-c3ccccc3)cc2)CC1. The number of hydrogen-bond acceptors (Lipinski definition) is 2. The molecule has 0 saturated carbocycles. The van der Waals surface area contributed by atoms with Gasteiger partial charge in [-0.25, -0.2) is 0 Å². The fraction of sp³-hybridized carbons (Fsp3) is 0.381. The van der Waals surface area contributed by atoms with Gasteiger partial charge in [0, 0.05) is 38.3 Å². The lowest BCUT2D eigenvalue weighted by Crippen LogP contribution is -2.49. The van der Waals surface area contributed by atoms with Crippen LogP contribution in [0.5, 0.6) is 0 Å². The molecule has 0 unspecified atom stereocenters. The Morgan fingerprint density at radius 3 is 2.04 bits per heavy atom. The number of carbonyl (C=O) groups is 1. The molecule has 1 saturated heterocycles. The maximum absolute atomic E-state index is 12.7. The summed E-state index contributed by atoms with van der Waals surface area (Å²) in [6.45, 7) is 9.21. The molecule has 126 valence electrons. The van der Waals surface area contributed by atoms with Crippen molar-refractivity contribution in [1.29, 1.82) is 0 Å². The van der Waals surface area contributed by atoms with Crippen LogP contribution in [0.1, 0.15) is 24.2 Å². The number of piperazine rings is 1. The summed E-state index contributed by atoms with van der Waals surface area (Å²) in [7, 11) is 0. The Balaban J connectivity index is 1.62. The van der Waals surface area contributed by atoms with E-state index in [4.69, 9.17) is 0 Å². The van der Waals surface area contributed by atoms with Gasteiger partial charge >= 0.3 is 0 Å². The van der Waals surface area contributed by atoms with E-state index in [1.165, 1.54) is 5.56 Å². The van der Waals surface area contributed by atoms with E-state index in [2.05, 4.69) is 30.9 Å². The Kier molecular flexibility index (Phi) is 5.31. The van der Waals surface area contributed by atoms with Gasteiger partial charge in [-0.15, -0.1) is 0 Å². The van der Waals surface area contributed by atoms with Crippen molar-refractivity contribution < 1.29 is 4.79 Å². The van der Waals surface area contributed by atoms with Gasteiger partial charge in [0.25, 0.3) is 5.91 Å². The van der Waals surface area contributed by atoms with Gasteiger partial charge in [-0.1, -0.05) is 56.3 Å². The molecule has 1 aliphatic rings. The van der Waals surface area contributed by atoms with Gasteiger partial charge in [-0.2, -0.15) is 0 Å². The van der Waals surface area contributed by atoms with Crippen molar-refractivity contribution in [3.8, 4) is 11.1 Å². The average molecular weight is 322 g/mol. The van der Waals surface area contributed by atoms with E-state index in [0.717, 1.165) is 43.9 Å². The van der Waals surface area contributed by atoms with Crippen LogP contribution in [-0.4, -0.2) is 48.4 Å². The predicted molar refractivity (Wildman–Crippen MR) is 99.1 cm³/mol. The zero-order chi connectivity index (χ0) is 16.9. The summed E-state index contributed by atoms with van der Waals surface area (Å²) in [5.41, 5.74) is 3.11. The summed E-state index contributed by atoms with van der Waals surface area (Å²) in [5, 5.41) is 0. The molecule has 0 atom stereocenters. The number of benzene rings is 2. The maximum atomic E-state index is 12.7. The summed E-state index contributed by atoms with van der Waals surface area (Å²) < 4.78 is 0. The van der Waals surface area contributed by atoms with Crippen molar-refractivity contribution in [2.45, 2.75) is 13.8 Å². The number of carbonyl (C=O) groups excluding carboxylic acids is 1. The van der Waals surface area contributed by atoms with Crippen molar-refractivity contribution in [2.24, 2.45) is 5.92 Å². The summed E-state index contributed by atoms with van der Waals surface area (Å²) >= 11 is 0. The molecule has 3 nitrogen and oxygen atoms in total. The minimum Gasteiger partial charge on any atom is -0.336 e. The van der Waals surface area contributed by atoms with E-state index in [-0.39, 0.29) is 5.91 Å². The Hall–Kier alpha value is -2.13. The lowest BCUT2D eigenvalue weighted by atomic mass is 10.0. The molecule has 2 aromatic carbocycles. The first kappa shape index (κ1) is 16.7. The van der Waals surface area contributed by atoms with Crippen LogP contribution in [-0.2, 0) is 0 Å². The first-order valence-electron chi connectivity index (χ1n) is 8.80. The maximum Gasteiger partial charge on any atom is 0.253 e. The Morgan fingerprint density at radius 2 is 1.46 bits per heavy atom. The predicted octanol–water partition coefficient (Wildman–Crippen LogP) is 3.77. The molecule has 0 N–H and O–H groups in total. The molecule has 2 aromatic rings. The quantitative estimate of drug-likeness (QED) is 0.855. The number of rotatable bonds is 4. The molecule has 1 fully saturated rings. The average Bonchev–Trinajstić information content (AvgIpc) is 2.62. The highest BCUT2D eigenvalue weighted by Crippen LogP contribution is 2.20. The first-order chi connectivity index (χ1) is 11.6. The molecule has 1 aliphatic heterocycles. The van der Waals surface area contributed by atoms with Crippen LogP contribution < -0.4 is 0 Å². The molecular weight excluding hydrogens is 296 g/mol. The molecule has 1 amide bonds. The standard InChI is InChI=1S/C21H26N2O/c1-17(2)16-22-12-14-23(15-13-22)21(24)20-10-8-19(9-11-20)18-6-4-3-5-7-18/h3-11,17H,12-16H2,1-2H3. The number of hydrogen-bond donors (Lipinski definition) is 0. The highest BCUT2D eigenvalue weighted by Gasteiger charge is 2.22. The monoisotopic (exact) mass is 322 g/mol. The van der Waals surface area contributed by atoms with Crippen LogP contribution in [0.3, 0.4) is 0 Å². The molecule has 0 spiro atoms. The summed E-state index contributed by atoms with van der Waals surface area (Å²) in [6, 6.07) is 18.2. The Labute approximate surface area is 144 Å². The van der Waals surface area contributed by atoms with E-state index in [1.807, 2.05) is 47.4 Å². The van der Waals surface area contributed by atoms with Gasteiger partial charge in [0.05, 0.1) is 0 Å². The van der Waals surface area contributed by atoms with Crippen molar-refractivity contribution in [3.05, 3.63) is 60.2 Å². The van der Waals surface area contributed by atoms with Crippen LogP contribution in [0.2, 0.25) is 0 Å². The van der Waals surface area contributed by atoms with Crippen molar-refractivity contribution in [1.82, 2.24) is 9.80 Å². The number of nitrogens with zero attached hydrogens (tertiary/aromatic N) is 2. The van der Waals surface area contributed by atoms with Crippen LogP contribution in [0.15, 0.2) is 54.6 Å². The Morgan fingerprint density at radius 1 is 0.875 bits per heavy atom. The Bertz CT molecular complexity index is 656. The van der Waals surface area contributed by atoms with Gasteiger partial charge in [0.1, 0.15) is 0 Å². The smallest absolute Gasteiger partial charge is 0.253 e. The van der Waals surface area contributed by atoms with Crippen LogP contribution in [0.25, 0.3) is 11.1 Å². The fourth-order valence-electron chi connectivity index (χ4n) is 3.27. The molecule has 0 bridgehead atoms. The second kappa shape index (κ2) is 7.63. The molecule has 24 heavy (non-hydrogen) atoms. The highest BCUT2D eigenvalue weighted by molar-refractivity contribution is 5.94. The van der Waals surface area contributed by atoms with E-state index >= 15 is 0 Å². The minimum absolute atomic E-state index is 0.152. The zero-order valence-electron chi connectivity index (χ0n) is 14.6.